The zero-order chi connectivity index (χ0) is 13.1. The number of hydrogen-bond donors (Lipinski definition) is 1. The van der Waals surface area contributed by atoms with Crippen LogP contribution in [0.15, 0.2) is 36.4 Å². The number of nitrogen functional groups attached to an aromatic ring is 1. The molecule has 2 nitrogen and oxygen atoms in total. The lowest BCUT2D eigenvalue weighted by atomic mass is 10.1. The van der Waals surface area contributed by atoms with E-state index in [1.165, 1.54) is 6.07 Å². The number of halogens is 1. The van der Waals surface area contributed by atoms with Crippen LogP contribution in [0.1, 0.15) is 16.7 Å². The number of nitrogens with two attached hydrogens (primary N) is 1. The van der Waals surface area contributed by atoms with Gasteiger partial charge in [0.15, 0.2) is 0 Å². The SMILES string of the molecule is Cc1cc(OCc2ccccc2F)c(C)cc1N. The molecule has 0 saturated heterocycles. The van der Waals surface area contributed by atoms with Gasteiger partial charge >= 0.3 is 0 Å². The second-order valence-corrected chi connectivity index (χ2v) is 4.35. The molecule has 0 aliphatic carbocycles. The average Bonchev–Trinajstić information content (AvgIpc) is 2.34. The predicted molar refractivity (Wildman–Crippen MR) is 71.1 cm³/mol. The van der Waals surface area contributed by atoms with Gasteiger partial charge in [0.2, 0.25) is 0 Å². The molecule has 0 unspecified atom stereocenters. The topological polar surface area (TPSA) is 35.2 Å². The third kappa shape index (κ3) is 2.62. The Labute approximate surface area is 106 Å². The highest BCUT2D eigenvalue weighted by Crippen LogP contribution is 2.25. The first-order valence-corrected chi connectivity index (χ1v) is 5.81. The summed E-state index contributed by atoms with van der Waals surface area (Å²) < 4.78 is 19.1. The van der Waals surface area contributed by atoms with Gasteiger partial charge in [-0.05, 0) is 43.2 Å². The second-order valence-electron chi connectivity index (χ2n) is 4.35. The lowest BCUT2D eigenvalue weighted by molar-refractivity contribution is 0.297. The van der Waals surface area contributed by atoms with E-state index in [2.05, 4.69) is 0 Å². The maximum Gasteiger partial charge on any atom is 0.129 e. The standard InChI is InChI=1S/C15H16FNO/c1-10-8-15(11(2)7-14(10)17)18-9-12-5-3-4-6-13(12)16/h3-8H,9,17H2,1-2H3. The van der Waals surface area contributed by atoms with Gasteiger partial charge in [-0.25, -0.2) is 4.39 Å². The average molecular weight is 245 g/mol. The molecule has 2 N–H and O–H groups in total. The first-order chi connectivity index (χ1) is 8.58. The Morgan fingerprint density at radius 1 is 1.11 bits per heavy atom. The third-order valence-corrected chi connectivity index (χ3v) is 2.90. The summed E-state index contributed by atoms with van der Waals surface area (Å²) in [6.45, 7) is 4.06. The predicted octanol–water partition coefficient (Wildman–Crippen LogP) is 3.60. The molecule has 2 aromatic rings. The Hall–Kier alpha value is -2.03. The summed E-state index contributed by atoms with van der Waals surface area (Å²) in [7, 11) is 0. The van der Waals surface area contributed by atoms with E-state index in [0.717, 1.165) is 22.6 Å². The highest BCUT2D eigenvalue weighted by Gasteiger charge is 2.06. The number of benzene rings is 2. The van der Waals surface area contributed by atoms with E-state index >= 15 is 0 Å². The van der Waals surface area contributed by atoms with Crippen LogP contribution in [0.25, 0.3) is 0 Å². The molecular formula is C15H16FNO. The minimum absolute atomic E-state index is 0.219. The van der Waals surface area contributed by atoms with Crippen molar-refractivity contribution in [2.45, 2.75) is 20.5 Å². The fraction of sp³-hybridized carbons (Fsp3) is 0.200. The lowest BCUT2D eigenvalue weighted by Crippen LogP contribution is -2.01. The van der Waals surface area contributed by atoms with Crippen molar-refractivity contribution in [1.29, 1.82) is 0 Å². The van der Waals surface area contributed by atoms with Crippen LogP contribution >= 0.6 is 0 Å². The van der Waals surface area contributed by atoms with E-state index in [4.69, 9.17) is 10.5 Å². The van der Waals surface area contributed by atoms with Crippen molar-refractivity contribution < 1.29 is 9.13 Å². The number of rotatable bonds is 3. The van der Waals surface area contributed by atoms with Gasteiger partial charge in [-0.15, -0.1) is 0 Å². The third-order valence-electron chi connectivity index (χ3n) is 2.90. The van der Waals surface area contributed by atoms with Crippen LogP contribution in [-0.2, 0) is 6.61 Å². The Balaban J connectivity index is 2.16. The van der Waals surface area contributed by atoms with Gasteiger partial charge < -0.3 is 10.5 Å². The van der Waals surface area contributed by atoms with Gasteiger partial charge in [0.05, 0.1) is 0 Å². The summed E-state index contributed by atoms with van der Waals surface area (Å²) in [4.78, 5) is 0. The monoisotopic (exact) mass is 245 g/mol. The molecule has 0 saturated carbocycles. The maximum atomic E-state index is 13.4. The van der Waals surface area contributed by atoms with E-state index in [1.54, 1.807) is 18.2 Å². The first-order valence-electron chi connectivity index (χ1n) is 5.81. The van der Waals surface area contributed by atoms with Crippen molar-refractivity contribution in [3.05, 3.63) is 58.9 Å². The van der Waals surface area contributed by atoms with Crippen LogP contribution in [0.5, 0.6) is 5.75 Å². The molecule has 3 heteroatoms. The molecule has 0 fully saturated rings. The van der Waals surface area contributed by atoms with Gasteiger partial charge in [-0.3, -0.25) is 0 Å². The lowest BCUT2D eigenvalue weighted by Gasteiger charge is -2.12. The van der Waals surface area contributed by atoms with Gasteiger partial charge in [-0.2, -0.15) is 0 Å². The van der Waals surface area contributed by atoms with Crippen LogP contribution in [0.3, 0.4) is 0 Å². The van der Waals surface area contributed by atoms with E-state index in [9.17, 15) is 4.39 Å². The van der Waals surface area contributed by atoms with Crippen molar-refractivity contribution in [2.75, 3.05) is 5.73 Å². The molecule has 0 amide bonds. The largest absolute Gasteiger partial charge is 0.489 e. The second kappa shape index (κ2) is 5.08. The smallest absolute Gasteiger partial charge is 0.129 e. The zero-order valence-electron chi connectivity index (χ0n) is 10.5. The summed E-state index contributed by atoms with van der Waals surface area (Å²) in [6.07, 6.45) is 0. The first kappa shape index (κ1) is 12.4. The van der Waals surface area contributed by atoms with E-state index < -0.39 is 0 Å². The quantitative estimate of drug-likeness (QED) is 0.838. The van der Waals surface area contributed by atoms with Crippen molar-refractivity contribution in [1.82, 2.24) is 0 Å². The molecule has 0 radical (unpaired) electrons. The van der Waals surface area contributed by atoms with Crippen LogP contribution in [0.4, 0.5) is 10.1 Å². The summed E-state index contributed by atoms with van der Waals surface area (Å²) >= 11 is 0. The van der Waals surface area contributed by atoms with Gasteiger partial charge in [0.25, 0.3) is 0 Å². The van der Waals surface area contributed by atoms with Gasteiger partial charge in [-0.1, -0.05) is 18.2 Å². The van der Waals surface area contributed by atoms with Gasteiger partial charge in [0, 0.05) is 11.3 Å². The van der Waals surface area contributed by atoms with Crippen LogP contribution in [0, 0.1) is 19.7 Å². The number of aryl methyl sites for hydroxylation is 2. The van der Waals surface area contributed by atoms with Crippen LogP contribution in [0.2, 0.25) is 0 Å². The molecule has 18 heavy (non-hydrogen) atoms. The Morgan fingerprint density at radius 2 is 1.83 bits per heavy atom. The van der Waals surface area contributed by atoms with E-state index in [1.807, 2.05) is 26.0 Å². The molecule has 0 atom stereocenters. The van der Waals surface area contributed by atoms with E-state index in [0.29, 0.717) is 5.56 Å². The fourth-order valence-electron chi connectivity index (χ4n) is 1.74. The minimum atomic E-state index is -0.248. The molecule has 0 aliphatic heterocycles. The number of anilines is 1. The highest BCUT2D eigenvalue weighted by atomic mass is 19.1. The van der Waals surface area contributed by atoms with Crippen molar-refractivity contribution in [3.8, 4) is 5.75 Å². The normalized spacial score (nSPS) is 10.4. The molecule has 0 aromatic heterocycles. The molecule has 2 rings (SSSR count). The van der Waals surface area contributed by atoms with Crippen molar-refractivity contribution in [2.24, 2.45) is 0 Å². The summed E-state index contributed by atoms with van der Waals surface area (Å²) in [5.74, 6) is 0.493. The molecule has 2 aromatic carbocycles. The number of hydrogen-bond acceptors (Lipinski definition) is 2. The van der Waals surface area contributed by atoms with Gasteiger partial charge in [0.1, 0.15) is 18.2 Å². The Morgan fingerprint density at radius 3 is 2.56 bits per heavy atom. The van der Waals surface area contributed by atoms with Crippen molar-refractivity contribution >= 4 is 5.69 Å². The molecular weight excluding hydrogens is 229 g/mol. The highest BCUT2D eigenvalue weighted by molar-refractivity contribution is 5.53. The molecule has 0 spiro atoms. The maximum absolute atomic E-state index is 13.4. The Bertz CT molecular complexity index is 566. The van der Waals surface area contributed by atoms with Crippen molar-refractivity contribution in [3.63, 3.8) is 0 Å². The van der Waals surface area contributed by atoms with E-state index in [-0.39, 0.29) is 12.4 Å². The summed E-state index contributed by atoms with van der Waals surface area (Å²) in [5, 5.41) is 0. The Kier molecular flexibility index (Phi) is 3.51. The molecule has 0 aliphatic rings. The van der Waals surface area contributed by atoms with Crippen LogP contribution < -0.4 is 10.5 Å². The zero-order valence-corrected chi connectivity index (χ0v) is 10.5. The summed E-state index contributed by atoms with van der Waals surface area (Å²) in [6, 6.07) is 10.4. The van der Waals surface area contributed by atoms with Crippen LogP contribution in [-0.4, -0.2) is 0 Å². The minimum Gasteiger partial charge on any atom is -0.489 e. The number of ether oxygens (including phenoxy) is 1. The molecule has 0 heterocycles. The molecule has 94 valence electrons. The molecule has 0 bridgehead atoms. The fourth-order valence-corrected chi connectivity index (χ4v) is 1.74. The summed E-state index contributed by atoms with van der Waals surface area (Å²) in [5.41, 5.74) is 9.01.